The first-order valence-electron chi connectivity index (χ1n) is 3.42. The fourth-order valence-corrected chi connectivity index (χ4v) is 0.936. The molecule has 1 unspecified atom stereocenters. The van der Waals surface area contributed by atoms with Gasteiger partial charge in [-0.05, 0) is 6.92 Å². The summed E-state index contributed by atoms with van der Waals surface area (Å²) in [5, 5.41) is 7.24. The second kappa shape index (κ2) is 3.93. The lowest BCUT2D eigenvalue weighted by Gasteiger charge is -1.96. The van der Waals surface area contributed by atoms with E-state index in [1.54, 1.807) is 0 Å². The third kappa shape index (κ3) is 2.51. The van der Waals surface area contributed by atoms with Crippen LogP contribution in [-0.4, -0.2) is 21.4 Å². The Morgan fingerprint density at radius 1 is 1.67 bits per heavy atom. The maximum atomic E-state index is 11.8. The standard InChI is InChI=1S/C6H8BrF2N3/c1-4(7)5-2-12(11-10-5)3-6(8)9/h2,4,6H,3H2,1H3. The third-order valence-corrected chi connectivity index (χ3v) is 1.76. The van der Waals surface area contributed by atoms with Crippen LogP contribution in [0, 0.1) is 0 Å². The van der Waals surface area contributed by atoms with E-state index in [9.17, 15) is 8.78 Å². The summed E-state index contributed by atoms with van der Waals surface area (Å²) in [6.07, 6.45) is -0.879. The maximum Gasteiger partial charge on any atom is 0.257 e. The minimum atomic E-state index is -2.38. The monoisotopic (exact) mass is 239 g/mol. The van der Waals surface area contributed by atoms with Crippen molar-refractivity contribution in [1.82, 2.24) is 15.0 Å². The summed E-state index contributed by atoms with van der Waals surface area (Å²) in [7, 11) is 0. The Kier molecular flexibility index (Phi) is 3.13. The lowest BCUT2D eigenvalue weighted by Crippen LogP contribution is -2.06. The maximum absolute atomic E-state index is 11.8. The zero-order chi connectivity index (χ0) is 9.14. The van der Waals surface area contributed by atoms with Crippen molar-refractivity contribution < 1.29 is 8.78 Å². The number of alkyl halides is 3. The molecule has 0 N–H and O–H groups in total. The number of nitrogens with zero attached hydrogens (tertiary/aromatic N) is 3. The molecule has 0 radical (unpaired) electrons. The number of hydrogen-bond acceptors (Lipinski definition) is 2. The van der Waals surface area contributed by atoms with Gasteiger partial charge in [0, 0.05) is 6.20 Å². The SMILES string of the molecule is CC(Br)c1cn(CC(F)F)nn1. The first-order chi connectivity index (χ1) is 5.59. The minimum absolute atomic E-state index is 0.0453. The molecule has 0 fully saturated rings. The van der Waals surface area contributed by atoms with E-state index in [1.165, 1.54) is 6.20 Å². The molecule has 0 saturated heterocycles. The molecule has 0 aromatic carbocycles. The van der Waals surface area contributed by atoms with Crippen molar-refractivity contribution >= 4 is 15.9 Å². The Bertz CT molecular complexity index is 249. The molecule has 1 aromatic heterocycles. The van der Waals surface area contributed by atoms with Crippen LogP contribution < -0.4 is 0 Å². The smallest absolute Gasteiger partial charge is 0.246 e. The summed E-state index contributed by atoms with van der Waals surface area (Å²) in [4.78, 5) is 0.0453. The van der Waals surface area contributed by atoms with Crippen LogP contribution in [0.25, 0.3) is 0 Å². The minimum Gasteiger partial charge on any atom is -0.246 e. The van der Waals surface area contributed by atoms with Crippen LogP contribution in [0.3, 0.4) is 0 Å². The summed E-state index contributed by atoms with van der Waals surface area (Å²) < 4.78 is 24.8. The molecule has 0 spiro atoms. The largest absolute Gasteiger partial charge is 0.257 e. The molecule has 3 nitrogen and oxygen atoms in total. The molecule has 6 heteroatoms. The Balaban J connectivity index is 2.64. The number of halogens is 3. The predicted octanol–water partition coefficient (Wildman–Crippen LogP) is 2.00. The van der Waals surface area contributed by atoms with Gasteiger partial charge >= 0.3 is 0 Å². The van der Waals surface area contributed by atoms with Crippen LogP contribution >= 0.6 is 15.9 Å². The molecule has 1 heterocycles. The van der Waals surface area contributed by atoms with Crippen LogP contribution in [0.4, 0.5) is 8.78 Å². The summed E-state index contributed by atoms with van der Waals surface area (Å²) in [6.45, 7) is 1.46. The van der Waals surface area contributed by atoms with Crippen LogP contribution in [0.1, 0.15) is 17.4 Å². The van der Waals surface area contributed by atoms with Gasteiger partial charge < -0.3 is 0 Å². The highest BCUT2D eigenvalue weighted by Crippen LogP contribution is 2.18. The van der Waals surface area contributed by atoms with E-state index in [-0.39, 0.29) is 4.83 Å². The van der Waals surface area contributed by atoms with Crippen molar-refractivity contribution in [3.63, 3.8) is 0 Å². The summed E-state index contributed by atoms with van der Waals surface area (Å²) in [5.74, 6) is 0. The molecule has 0 amide bonds. The van der Waals surface area contributed by atoms with E-state index in [2.05, 4.69) is 26.2 Å². The molecule has 0 aliphatic carbocycles. The van der Waals surface area contributed by atoms with Crippen LogP contribution in [0.5, 0.6) is 0 Å². The topological polar surface area (TPSA) is 30.7 Å². The molecule has 12 heavy (non-hydrogen) atoms. The highest BCUT2D eigenvalue weighted by atomic mass is 79.9. The van der Waals surface area contributed by atoms with Crippen molar-refractivity contribution in [3.05, 3.63) is 11.9 Å². The van der Waals surface area contributed by atoms with Gasteiger partial charge in [-0.3, -0.25) is 0 Å². The van der Waals surface area contributed by atoms with E-state index < -0.39 is 13.0 Å². The summed E-state index contributed by atoms with van der Waals surface area (Å²) in [5.41, 5.74) is 0.663. The van der Waals surface area contributed by atoms with Gasteiger partial charge in [-0.25, -0.2) is 13.5 Å². The van der Waals surface area contributed by atoms with E-state index >= 15 is 0 Å². The third-order valence-electron chi connectivity index (χ3n) is 1.29. The first-order valence-corrected chi connectivity index (χ1v) is 4.33. The first kappa shape index (κ1) is 9.57. The van der Waals surface area contributed by atoms with Crippen LogP contribution in [0.15, 0.2) is 6.20 Å². The average molecular weight is 240 g/mol. The van der Waals surface area contributed by atoms with E-state index in [0.29, 0.717) is 5.69 Å². The Morgan fingerprint density at radius 2 is 2.33 bits per heavy atom. The Hall–Kier alpha value is -0.520. The van der Waals surface area contributed by atoms with Gasteiger partial charge in [0.2, 0.25) is 0 Å². The zero-order valence-corrected chi connectivity index (χ0v) is 8.00. The van der Waals surface area contributed by atoms with Crippen molar-refractivity contribution in [1.29, 1.82) is 0 Å². The van der Waals surface area contributed by atoms with Gasteiger partial charge in [0.15, 0.2) is 0 Å². The summed E-state index contributed by atoms with van der Waals surface area (Å²) >= 11 is 3.26. The van der Waals surface area contributed by atoms with Crippen molar-refractivity contribution in [2.24, 2.45) is 0 Å². The zero-order valence-electron chi connectivity index (χ0n) is 6.41. The van der Waals surface area contributed by atoms with Crippen LogP contribution in [0.2, 0.25) is 0 Å². The second-order valence-electron chi connectivity index (χ2n) is 2.37. The molecule has 1 aromatic rings. The molecule has 1 atom stereocenters. The number of aromatic nitrogens is 3. The predicted molar refractivity (Wildman–Crippen MR) is 43.4 cm³/mol. The number of hydrogen-bond donors (Lipinski definition) is 0. The van der Waals surface area contributed by atoms with Crippen molar-refractivity contribution in [2.75, 3.05) is 0 Å². The molecule has 1 rings (SSSR count). The van der Waals surface area contributed by atoms with Gasteiger partial charge in [-0.2, -0.15) is 0 Å². The fraction of sp³-hybridized carbons (Fsp3) is 0.667. The van der Waals surface area contributed by atoms with Crippen LogP contribution in [-0.2, 0) is 6.54 Å². The molecule has 0 bridgehead atoms. The highest BCUT2D eigenvalue weighted by Gasteiger charge is 2.09. The molecular weight excluding hydrogens is 232 g/mol. The van der Waals surface area contributed by atoms with Gasteiger partial charge in [-0.15, -0.1) is 5.10 Å². The lowest BCUT2D eigenvalue weighted by molar-refractivity contribution is 0.121. The van der Waals surface area contributed by atoms with E-state index in [0.717, 1.165) is 4.68 Å². The van der Waals surface area contributed by atoms with Gasteiger partial charge in [0.1, 0.15) is 6.54 Å². The highest BCUT2D eigenvalue weighted by molar-refractivity contribution is 9.09. The Labute approximate surface area is 76.9 Å². The summed E-state index contributed by atoms with van der Waals surface area (Å²) in [6, 6.07) is 0. The van der Waals surface area contributed by atoms with Gasteiger partial charge in [0.05, 0.1) is 10.5 Å². The normalized spacial score (nSPS) is 13.8. The molecule has 0 aliphatic heterocycles. The lowest BCUT2D eigenvalue weighted by atomic mass is 10.4. The second-order valence-corrected chi connectivity index (χ2v) is 3.75. The van der Waals surface area contributed by atoms with Gasteiger partial charge in [-0.1, -0.05) is 21.1 Å². The molecule has 0 saturated carbocycles. The quantitative estimate of drug-likeness (QED) is 0.756. The van der Waals surface area contributed by atoms with Gasteiger partial charge in [0.25, 0.3) is 6.43 Å². The van der Waals surface area contributed by atoms with E-state index in [1.807, 2.05) is 6.92 Å². The molecular formula is C6H8BrF2N3. The number of rotatable bonds is 3. The molecule has 0 aliphatic rings. The van der Waals surface area contributed by atoms with E-state index in [4.69, 9.17) is 0 Å². The average Bonchev–Trinajstić information content (AvgIpc) is 2.34. The fourth-order valence-electron chi connectivity index (χ4n) is 0.726. The molecule has 68 valence electrons. The van der Waals surface area contributed by atoms with Crippen molar-refractivity contribution in [3.8, 4) is 0 Å². The van der Waals surface area contributed by atoms with Crippen molar-refractivity contribution in [2.45, 2.75) is 24.7 Å². The Morgan fingerprint density at radius 3 is 2.75 bits per heavy atom.